The molecule has 0 amide bonds. The maximum Gasteiger partial charge on any atom is 0.277 e. The number of H-pyrrole nitrogens is 1. The Morgan fingerprint density at radius 1 is 1.35 bits per heavy atom. The molecule has 0 spiro atoms. The second-order valence-corrected chi connectivity index (χ2v) is 7.48. The summed E-state index contributed by atoms with van der Waals surface area (Å²) in [6.45, 7) is 5.95. The van der Waals surface area contributed by atoms with Crippen LogP contribution < -0.4 is 10.3 Å². The standard InChI is InChI=1S/C19H21ClN2O4/c1-5-22-18(25)12(9-21-22)15(23)11-8-13(20)10-6-7-19(2,3)17(24)14(10)16(11)26-4/h8-9,21H,5-7H2,1-4H3. The molecule has 1 N–H and O–H groups in total. The first-order chi connectivity index (χ1) is 12.2. The van der Waals surface area contributed by atoms with Gasteiger partial charge >= 0.3 is 0 Å². The summed E-state index contributed by atoms with van der Waals surface area (Å²) in [6.07, 6.45) is 2.67. The van der Waals surface area contributed by atoms with Gasteiger partial charge in [0.15, 0.2) is 5.78 Å². The molecule has 1 aliphatic rings. The van der Waals surface area contributed by atoms with Crippen LogP contribution in [0.3, 0.4) is 0 Å². The van der Waals surface area contributed by atoms with Crippen molar-refractivity contribution in [1.82, 2.24) is 9.78 Å². The highest BCUT2D eigenvalue weighted by Gasteiger charge is 2.39. The first-order valence-electron chi connectivity index (χ1n) is 8.50. The van der Waals surface area contributed by atoms with E-state index in [4.69, 9.17) is 16.3 Å². The fraction of sp³-hybridized carbons (Fsp3) is 0.421. The number of halogens is 1. The zero-order chi connectivity index (χ0) is 19.2. The minimum Gasteiger partial charge on any atom is -0.495 e. The number of ether oxygens (including phenoxy) is 1. The van der Waals surface area contributed by atoms with Gasteiger partial charge in [-0.3, -0.25) is 19.1 Å². The van der Waals surface area contributed by atoms with Crippen LogP contribution in [0.15, 0.2) is 17.1 Å². The number of benzene rings is 1. The highest BCUT2D eigenvalue weighted by atomic mass is 35.5. The summed E-state index contributed by atoms with van der Waals surface area (Å²) < 4.78 is 6.79. The smallest absolute Gasteiger partial charge is 0.277 e. The van der Waals surface area contributed by atoms with Crippen LogP contribution in [0.2, 0.25) is 5.02 Å². The van der Waals surface area contributed by atoms with Crippen molar-refractivity contribution in [1.29, 1.82) is 0 Å². The van der Waals surface area contributed by atoms with E-state index < -0.39 is 16.8 Å². The Kier molecular flexibility index (Phi) is 4.56. The molecule has 7 heteroatoms. The number of nitrogens with zero attached hydrogens (tertiary/aromatic N) is 1. The van der Waals surface area contributed by atoms with E-state index in [1.54, 1.807) is 6.92 Å². The highest BCUT2D eigenvalue weighted by Crippen LogP contribution is 2.43. The minimum absolute atomic E-state index is 0.0105. The first kappa shape index (κ1) is 18.5. The van der Waals surface area contributed by atoms with Crippen LogP contribution in [0.25, 0.3) is 0 Å². The molecule has 1 heterocycles. The van der Waals surface area contributed by atoms with E-state index >= 15 is 0 Å². The predicted octanol–water partition coefficient (Wildman–Crippen LogP) is 3.24. The predicted molar refractivity (Wildman–Crippen MR) is 98.6 cm³/mol. The topological polar surface area (TPSA) is 81.2 Å². The summed E-state index contributed by atoms with van der Waals surface area (Å²) >= 11 is 6.39. The molecular weight excluding hydrogens is 356 g/mol. The zero-order valence-electron chi connectivity index (χ0n) is 15.2. The van der Waals surface area contributed by atoms with Gasteiger partial charge in [0.25, 0.3) is 5.56 Å². The minimum atomic E-state index is -0.561. The molecule has 0 fully saturated rings. The number of rotatable bonds is 4. The second kappa shape index (κ2) is 6.43. The third-order valence-corrected chi connectivity index (χ3v) is 5.36. The van der Waals surface area contributed by atoms with Crippen LogP contribution in [-0.2, 0) is 13.0 Å². The van der Waals surface area contributed by atoms with Crippen LogP contribution in [-0.4, -0.2) is 28.5 Å². The molecule has 3 rings (SSSR count). The lowest BCUT2D eigenvalue weighted by Crippen LogP contribution is -2.31. The van der Waals surface area contributed by atoms with Crippen molar-refractivity contribution in [3.8, 4) is 5.75 Å². The van der Waals surface area contributed by atoms with Crippen LogP contribution >= 0.6 is 11.6 Å². The molecule has 0 atom stereocenters. The summed E-state index contributed by atoms with van der Waals surface area (Å²) in [5.74, 6) is -0.431. The Bertz CT molecular complexity index is 969. The van der Waals surface area contributed by atoms with Gasteiger partial charge in [-0.25, -0.2) is 0 Å². The summed E-state index contributed by atoms with van der Waals surface area (Å²) in [6, 6.07) is 1.50. The number of methoxy groups -OCH3 is 1. The molecule has 2 aromatic rings. The largest absolute Gasteiger partial charge is 0.495 e. The average Bonchev–Trinajstić information content (AvgIpc) is 2.98. The fourth-order valence-corrected chi connectivity index (χ4v) is 3.67. The quantitative estimate of drug-likeness (QED) is 0.830. The number of aromatic nitrogens is 2. The van der Waals surface area contributed by atoms with Crippen LogP contribution in [0.4, 0.5) is 0 Å². The van der Waals surface area contributed by atoms with Gasteiger partial charge in [-0.1, -0.05) is 25.4 Å². The van der Waals surface area contributed by atoms with E-state index in [9.17, 15) is 14.4 Å². The maximum atomic E-state index is 13.0. The fourth-order valence-electron chi connectivity index (χ4n) is 3.38. The second-order valence-electron chi connectivity index (χ2n) is 7.07. The van der Waals surface area contributed by atoms with Gasteiger partial charge in [0.2, 0.25) is 5.78 Å². The van der Waals surface area contributed by atoms with E-state index in [2.05, 4.69) is 5.10 Å². The van der Waals surface area contributed by atoms with Gasteiger partial charge in [-0.15, -0.1) is 0 Å². The van der Waals surface area contributed by atoms with Gasteiger partial charge in [-0.2, -0.15) is 0 Å². The molecule has 26 heavy (non-hydrogen) atoms. The molecule has 1 aliphatic carbocycles. The van der Waals surface area contributed by atoms with Crippen molar-refractivity contribution in [3.63, 3.8) is 0 Å². The third-order valence-electron chi connectivity index (χ3n) is 5.02. The number of Topliss-reactive ketones (excluding diaryl/α,β-unsaturated/α-hetero) is 1. The summed E-state index contributed by atoms with van der Waals surface area (Å²) in [7, 11) is 1.41. The molecule has 0 bridgehead atoms. The van der Waals surface area contributed by atoms with Crippen molar-refractivity contribution in [2.75, 3.05) is 7.11 Å². The van der Waals surface area contributed by atoms with E-state index in [1.165, 1.54) is 24.1 Å². The lowest BCUT2D eigenvalue weighted by Gasteiger charge is -2.31. The van der Waals surface area contributed by atoms with E-state index in [0.717, 1.165) is 0 Å². The number of nitrogens with one attached hydrogen (secondary N) is 1. The number of ketones is 2. The van der Waals surface area contributed by atoms with Crippen molar-refractivity contribution in [2.45, 2.75) is 40.2 Å². The van der Waals surface area contributed by atoms with Crippen LogP contribution in [0.1, 0.15) is 59.0 Å². The van der Waals surface area contributed by atoms with E-state index in [0.29, 0.717) is 35.5 Å². The molecule has 6 nitrogen and oxygen atoms in total. The van der Waals surface area contributed by atoms with Gasteiger partial charge in [0.05, 0.1) is 18.2 Å². The molecule has 0 saturated carbocycles. The molecule has 0 unspecified atom stereocenters. The van der Waals surface area contributed by atoms with Gasteiger partial charge < -0.3 is 9.84 Å². The summed E-state index contributed by atoms with van der Waals surface area (Å²) in [5.41, 5.74) is 0.189. The molecule has 1 aromatic carbocycles. The normalized spacial score (nSPS) is 15.7. The van der Waals surface area contributed by atoms with Gasteiger partial charge in [-0.05, 0) is 31.4 Å². The number of carbonyl (C=O) groups excluding carboxylic acids is 2. The molecule has 0 aliphatic heterocycles. The lowest BCUT2D eigenvalue weighted by atomic mass is 9.72. The third kappa shape index (κ3) is 2.69. The molecular formula is C19H21ClN2O4. The maximum absolute atomic E-state index is 13.0. The summed E-state index contributed by atoms with van der Waals surface area (Å²) in [4.78, 5) is 38.3. The number of hydrogen-bond donors (Lipinski definition) is 1. The van der Waals surface area contributed by atoms with Gasteiger partial charge in [0, 0.05) is 23.2 Å². The van der Waals surface area contributed by atoms with Crippen molar-refractivity contribution < 1.29 is 14.3 Å². The molecule has 0 radical (unpaired) electrons. The van der Waals surface area contributed by atoms with Crippen molar-refractivity contribution in [3.05, 3.63) is 49.9 Å². The van der Waals surface area contributed by atoms with E-state index in [1.807, 2.05) is 13.8 Å². The monoisotopic (exact) mass is 376 g/mol. The molecule has 138 valence electrons. The number of hydrogen-bond acceptors (Lipinski definition) is 4. The molecule has 0 saturated heterocycles. The summed E-state index contributed by atoms with van der Waals surface area (Å²) in [5, 5.41) is 3.10. The Morgan fingerprint density at radius 2 is 2.04 bits per heavy atom. The van der Waals surface area contributed by atoms with Crippen LogP contribution in [0.5, 0.6) is 5.75 Å². The van der Waals surface area contributed by atoms with Crippen molar-refractivity contribution in [2.24, 2.45) is 5.41 Å². The molecule has 1 aromatic heterocycles. The number of aromatic amines is 1. The Morgan fingerprint density at radius 3 is 2.62 bits per heavy atom. The highest BCUT2D eigenvalue weighted by molar-refractivity contribution is 6.33. The Balaban J connectivity index is 2.23. The van der Waals surface area contributed by atoms with E-state index in [-0.39, 0.29) is 22.7 Å². The first-order valence-corrected chi connectivity index (χ1v) is 8.87. The lowest BCUT2D eigenvalue weighted by molar-refractivity contribution is 0.0807. The number of aryl methyl sites for hydroxylation is 1. The average molecular weight is 377 g/mol. The number of carbonyl (C=O) groups is 2. The SMILES string of the molecule is CCn1[nH]cc(C(=O)c2cc(Cl)c3c(c2OC)C(=O)C(C)(C)CC3)c1=O. The van der Waals surface area contributed by atoms with Crippen LogP contribution in [0, 0.1) is 5.41 Å². The Hall–Kier alpha value is -2.34. The Labute approximate surface area is 156 Å². The zero-order valence-corrected chi connectivity index (χ0v) is 16.0. The number of fused-ring (bicyclic) bond motifs is 1. The van der Waals surface area contributed by atoms with Gasteiger partial charge in [0.1, 0.15) is 11.3 Å². The van der Waals surface area contributed by atoms with Crippen molar-refractivity contribution >= 4 is 23.2 Å².